The van der Waals surface area contributed by atoms with Crippen molar-refractivity contribution in [2.24, 2.45) is 5.92 Å². The van der Waals surface area contributed by atoms with Crippen LogP contribution in [0.25, 0.3) is 0 Å². The lowest BCUT2D eigenvalue weighted by Crippen LogP contribution is -2.45. The molecule has 6 heteroatoms. The number of ether oxygens (including phenoxy) is 2. The van der Waals surface area contributed by atoms with Gasteiger partial charge >= 0.3 is 6.09 Å². The Morgan fingerprint density at radius 1 is 1.18 bits per heavy atom. The molecule has 0 N–H and O–H groups in total. The molecule has 3 rings (SSSR count). The number of morpholine rings is 1. The topological polar surface area (TPSA) is 59.1 Å². The highest BCUT2D eigenvalue weighted by Crippen LogP contribution is 2.26. The minimum Gasteiger partial charge on any atom is -0.444 e. The van der Waals surface area contributed by atoms with Crippen molar-refractivity contribution >= 4 is 12.0 Å². The summed E-state index contributed by atoms with van der Waals surface area (Å²) >= 11 is 0. The number of nitrogens with zero attached hydrogens (tertiary/aromatic N) is 2. The highest BCUT2D eigenvalue weighted by molar-refractivity contribution is 5.78. The molecule has 1 aromatic carbocycles. The fourth-order valence-electron chi connectivity index (χ4n) is 3.77. The number of carbonyl (C=O) groups excluding carboxylic acids is 2. The van der Waals surface area contributed by atoms with Crippen molar-refractivity contribution in [3.8, 4) is 0 Å². The minimum absolute atomic E-state index is 0.0482. The number of carbonyl (C=O) groups is 2. The molecule has 0 radical (unpaired) electrons. The van der Waals surface area contributed by atoms with Crippen LogP contribution in [0.5, 0.6) is 0 Å². The fourth-order valence-corrected chi connectivity index (χ4v) is 3.77. The van der Waals surface area contributed by atoms with Crippen LogP contribution in [0.4, 0.5) is 4.79 Å². The molecule has 28 heavy (non-hydrogen) atoms. The van der Waals surface area contributed by atoms with E-state index < -0.39 is 5.60 Å². The van der Waals surface area contributed by atoms with Crippen molar-refractivity contribution in [1.82, 2.24) is 9.80 Å². The number of likely N-dealkylation sites (tertiary alicyclic amines) is 1. The predicted octanol–water partition coefficient (Wildman–Crippen LogP) is 3.62. The SMILES string of the molecule is CC(C)(C)OC(=O)N1CCC(CCN2CC(c3ccccc3)OCC2=O)CC1. The average molecular weight is 389 g/mol. The van der Waals surface area contributed by atoms with Crippen LogP contribution in [0.15, 0.2) is 30.3 Å². The Hall–Kier alpha value is -2.08. The Morgan fingerprint density at radius 3 is 2.50 bits per heavy atom. The van der Waals surface area contributed by atoms with Crippen molar-refractivity contribution < 1.29 is 19.1 Å². The van der Waals surface area contributed by atoms with Gasteiger partial charge in [0.1, 0.15) is 18.3 Å². The van der Waals surface area contributed by atoms with Gasteiger partial charge in [-0.3, -0.25) is 4.79 Å². The van der Waals surface area contributed by atoms with Crippen LogP contribution in [-0.2, 0) is 14.3 Å². The third-order valence-corrected chi connectivity index (χ3v) is 5.39. The normalized spacial score (nSPS) is 21.7. The standard InChI is InChI=1S/C22H32N2O4/c1-22(2,3)28-21(26)23-12-9-17(10-13-23)11-14-24-15-19(27-16-20(24)25)18-7-5-4-6-8-18/h4-8,17,19H,9-16H2,1-3H3. The molecule has 2 aliphatic heterocycles. The van der Waals surface area contributed by atoms with Crippen LogP contribution in [0.1, 0.15) is 51.7 Å². The van der Waals surface area contributed by atoms with Gasteiger partial charge < -0.3 is 19.3 Å². The molecule has 6 nitrogen and oxygen atoms in total. The molecule has 0 aliphatic carbocycles. The quantitative estimate of drug-likeness (QED) is 0.790. The smallest absolute Gasteiger partial charge is 0.410 e. The van der Waals surface area contributed by atoms with Gasteiger partial charge in [0.15, 0.2) is 0 Å². The second kappa shape index (κ2) is 8.95. The summed E-state index contributed by atoms with van der Waals surface area (Å²) in [6.45, 7) is 8.63. The van der Waals surface area contributed by atoms with E-state index in [2.05, 4.69) is 0 Å². The molecular formula is C22H32N2O4. The van der Waals surface area contributed by atoms with E-state index in [0.29, 0.717) is 12.5 Å². The van der Waals surface area contributed by atoms with Crippen LogP contribution in [0, 0.1) is 5.92 Å². The van der Waals surface area contributed by atoms with Gasteiger partial charge in [-0.1, -0.05) is 30.3 Å². The van der Waals surface area contributed by atoms with Crippen molar-refractivity contribution in [1.29, 1.82) is 0 Å². The summed E-state index contributed by atoms with van der Waals surface area (Å²) in [6, 6.07) is 10.1. The van der Waals surface area contributed by atoms with E-state index in [1.165, 1.54) is 0 Å². The number of hydrogen-bond acceptors (Lipinski definition) is 4. The number of piperidine rings is 1. The van der Waals surface area contributed by atoms with Crippen LogP contribution in [0.3, 0.4) is 0 Å². The van der Waals surface area contributed by atoms with Gasteiger partial charge in [0.05, 0.1) is 6.54 Å². The van der Waals surface area contributed by atoms with Gasteiger partial charge in [0.25, 0.3) is 0 Å². The maximum atomic E-state index is 12.2. The molecule has 2 heterocycles. The Morgan fingerprint density at radius 2 is 1.86 bits per heavy atom. The molecule has 1 atom stereocenters. The van der Waals surface area contributed by atoms with Gasteiger partial charge in [-0.05, 0) is 51.5 Å². The zero-order valence-electron chi connectivity index (χ0n) is 17.2. The Kier molecular flexibility index (Phi) is 6.60. The zero-order valence-corrected chi connectivity index (χ0v) is 17.2. The highest BCUT2D eigenvalue weighted by atomic mass is 16.6. The van der Waals surface area contributed by atoms with Gasteiger partial charge in [0.2, 0.25) is 5.91 Å². The maximum Gasteiger partial charge on any atom is 0.410 e. The summed E-state index contributed by atoms with van der Waals surface area (Å²) in [7, 11) is 0. The molecular weight excluding hydrogens is 356 g/mol. The fraction of sp³-hybridized carbons (Fsp3) is 0.636. The van der Waals surface area contributed by atoms with Crippen LogP contribution >= 0.6 is 0 Å². The molecule has 1 unspecified atom stereocenters. The minimum atomic E-state index is -0.458. The van der Waals surface area contributed by atoms with E-state index in [1.54, 1.807) is 4.90 Å². The van der Waals surface area contributed by atoms with Crippen LogP contribution in [0.2, 0.25) is 0 Å². The Bertz CT molecular complexity index is 663. The maximum absolute atomic E-state index is 12.2. The molecule has 0 saturated carbocycles. The van der Waals surface area contributed by atoms with E-state index in [4.69, 9.17) is 9.47 Å². The summed E-state index contributed by atoms with van der Waals surface area (Å²) in [5, 5.41) is 0. The predicted molar refractivity (Wildman–Crippen MR) is 107 cm³/mol. The second-order valence-electron chi connectivity index (χ2n) is 8.75. The monoisotopic (exact) mass is 388 g/mol. The van der Waals surface area contributed by atoms with Crippen LogP contribution < -0.4 is 0 Å². The number of hydrogen-bond donors (Lipinski definition) is 0. The van der Waals surface area contributed by atoms with Crippen molar-refractivity contribution in [2.45, 2.75) is 51.7 Å². The summed E-state index contributed by atoms with van der Waals surface area (Å²) in [4.78, 5) is 28.2. The molecule has 154 valence electrons. The summed E-state index contributed by atoms with van der Waals surface area (Å²) < 4.78 is 11.2. The van der Waals surface area contributed by atoms with Gasteiger partial charge in [-0.2, -0.15) is 0 Å². The lowest BCUT2D eigenvalue weighted by atomic mass is 9.93. The number of amides is 2. The molecule has 1 aromatic rings. The number of benzene rings is 1. The van der Waals surface area contributed by atoms with E-state index >= 15 is 0 Å². The molecule has 2 aliphatic rings. The van der Waals surface area contributed by atoms with Gasteiger partial charge in [-0.25, -0.2) is 4.79 Å². The van der Waals surface area contributed by atoms with Crippen molar-refractivity contribution in [2.75, 3.05) is 32.8 Å². The molecule has 2 saturated heterocycles. The largest absolute Gasteiger partial charge is 0.444 e. The molecule has 0 bridgehead atoms. The lowest BCUT2D eigenvalue weighted by Gasteiger charge is -2.36. The van der Waals surface area contributed by atoms with E-state index in [9.17, 15) is 9.59 Å². The summed E-state index contributed by atoms with van der Waals surface area (Å²) in [5.74, 6) is 0.600. The van der Waals surface area contributed by atoms with Crippen molar-refractivity contribution in [3.63, 3.8) is 0 Å². The first-order valence-corrected chi connectivity index (χ1v) is 10.2. The zero-order chi connectivity index (χ0) is 20.1. The molecule has 2 amide bonds. The first kappa shape index (κ1) is 20.6. The van der Waals surface area contributed by atoms with E-state index in [1.807, 2.05) is 56.0 Å². The first-order valence-electron chi connectivity index (χ1n) is 10.2. The molecule has 0 aromatic heterocycles. The third-order valence-electron chi connectivity index (χ3n) is 5.39. The third kappa shape index (κ3) is 5.71. The van der Waals surface area contributed by atoms with Crippen molar-refractivity contribution in [3.05, 3.63) is 35.9 Å². The summed E-state index contributed by atoms with van der Waals surface area (Å²) in [6.07, 6.45) is 2.61. The second-order valence-corrected chi connectivity index (χ2v) is 8.75. The number of rotatable bonds is 4. The Balaban J connectivity index is 1.44. The molecule has 2 fully saturated rings. The van der Waals surface area contributed by atoms with Gasteiger partial charge in [-0.15, -0.1) is 0 Å². The summed E-state index contributed by atoms with van der Waals surface area (Å²) in [5.41, 5.74) is 0.658. The Labute approximate surface area is 167 Å². The first-order chi connectivity index (χ1) is 13.3. The molecule has 0 spiro atoms. The van der Waals surface area contributed by atoms with E-state index in [-0.39, 0.29) is 24.7 Å². The van der Waals surface area contributed by atoms with E-state index in [0.717, 1.165) is 44.5 Å². The lowest BCUT2D eigenvalue weighted by molar-refractivity contribution is -0.149. The van der Waals surface area contributed by atoms with Crippen LogP contribution in [-0.4, -0.2) is 60.2 Å². The highest BCUT2D eigenvalue weighted by Gasteiger charge is 2.30. The average Bonchev–Trinajstić information content (AvgIpc) is 2.67. The van der Waals surface area contributed by atoms with Gasteiger partial charge in [0, 0.05) is 19.6 Å².